The average molecular weight is 585 g/mol. The van der Waals surface area contributed by atoms with Crippen LogP contribution in [0.4, 0.5) is 0 Å². The number of rotatable bonds is 7. The predicted molar refractivity (Wildman–Crippen MR) is 192 cm³/mol. The van der Waals surface area contributed by atoms with Gasteiger partial charge in [0.1, 0.15) is 8.07 Å². The third-order valence-electron chi connectivity index (χ3n) is 9.94. The van der Waals surface area contributed by atoms with Crippen LogP contribution in [-0.4, -0.2) is 8.07 Å². The smallest absolute Gasteiger partial charge is 0.0715 e. The highest BCUT2D eigenvalue weighted by molar-refractivity contribution is 7.05. The topological polar surface area (TPSA) is 0 Å². The summed E-state index contributed by atoms with van der Waals surface area (Å²) in [7, 11) is -2.59. The first kappa shape index (κ1) is 28.3. The van der Waals surface area contributed by atoms with E-state index < -0.39 is 8.07 Å². The van der Waals surface area contributed by atoms with E-state index in [2.05, 4.69) is 179 Å². The summed E-state index contributed by atoms with van der Waals surface area (Å²) in [6.45, 7) is 9.28. The van der Waals surface area contributed by atoms with E-state index in [1.807, 2.05) is 0 Å². The molecule has 0 amide bonds. The van der Waals surface area contributed by atoms with Gasteiger partial charge < -0.3 is 0 Å². The molecule has 0 aliphatic heterocycles. The van der Waals surface area contributed by atoms with Crippen molar-refractivity contribution in [2.45, 2.75) is 44.7 Å². The maximum Gasteiger partial charge on any atom is 0.139 e. The lowest BCUT2D eigenvalue weighted by Gasteiger charge is -2.44. The lowest BCUT2D eigenvalue weighted by atomic mass is 9.94. The Morgan fingerprint density at radius 3 is 1.73 bits per heavy atom. The van der Waals surface area contributed by atoms with Crippen molar-refractivity contribution in [3.05, 3.63) is 179 Å². The van der Waals surface area contributed by atoms with E-state index >= 15 is 0 Å². The number of allylic oxidation sites excluding steroid dienone is 5. The van der Waals surface area contributed by atoms with Crippen molar-refractivity contribution in [1.82, 2.24) is 0 Å². The van der Waals surface area contributed by atoms with Gasteiger partial charge in [-0.1, -0.05) is 187 Å². The summed E-state index contributed by atoms with van der Waals surface area (Å²) in [6, 6.07) is 50.2. The van der Waals surface area contributed by atoms with Crippen LogP contribution in [0.3, 0.4) is 0 Å². The maximum absolute atomic E-state index is 2.61. The SMILES string of the molecule is CC1=CC(c2ccccc2)=CC1[Si](c1ccccc1)(c1ccccc1)C1C(C)=Cc2c(-c3ccc(C(C)C)cc3)cccc21. The first-order valence-electron chi connectivity index (χ1n) is 16.0. The summed E-state index contributed by atoms with van der Waals surface area (Å²) < 4.78 is 0. The van der Waals surface area contributed by atoms with Crippen molar-refractivity contribution in [3.8, 4) is 11.1 Å². The molecule has 0 nitrogen and oxygen atoms in total. The zero-order valence-corrected chi connectivity index (χ0v) is 27.2. The highest BCUT2D eigenvalue weighted by atomic mass is 28.3. The molecule has 0 heterocycles. The number of hydrogen-bond acceptors (Lipinski definition) is 0. The fourth-order valence-electron chi connectivity index (χ4n) is 7.92. The molecule has 0 fully saturated rings. The molecule has 0 aromatic heterocycles. The van der Waals surface area contributed by atoms with E-state index in [-0.39, 0.29) is 0 Å². The second kappa shape index (κ2) is 11.6. The third kappa shape index (κ3) is 4.67. The molecular weight excluding hydrogens is 545 g/mol. The number of hydrogen-bond donors (Lipinski definition) is 0. The van der Waals surface area contributed by atoms with E-state index in [4.69, 9.17) is 0 Å². The fourth-order valence-corrected chi connectivity index (χ4v) is 14.3. The Morgan fingerprint density at radius 2 is 1.14 bits per heavy atom. The zero-order valence-electron chi connectivity index (χ0n) is 26.2. The van der Waals surface area contributed by atoms with E-state index in [0.29, 0.717) is 17.0 Å². The summed E-state index contributed by atoms with van der Waals surface area (Å²) >= 11 is 0. The maximum atomic E-state index is 2.61. The summed E-state index contributed by atoms with van der Waals surface area (Å²) in [5, 5.41) is 2.98. The van der Waals surface area contributed by atoms with Crippen molar-refractivity contribution in [2.24, 2.45) is 0 Å². The van der Waals surface area contributed by atoms with Crippen LogP contribution in [0.25, 0.3) is 22.8 Å². The molecule has 1 heteroatoms. The van der Waals surface area contributed by atoms with Gasteiger partial charge in [-0.05, 0) is 58.7 Å². The first-order valence-corrected chi connectivity index (χ1v) is 18.1. The minimum absolute atomic E-state index is 0.303. The molecule has 2 unspecified atom stereocenters. The fraction of sp³-hybridized carbons (Fsp3) is 0.163. The Bertz CT molecular complexity index is 1830. The molecule has 44 heavy (non-hydrogen) atoms. The highest BCUT2D eigenvalue weighted by Gasteiger charge is 2.54. The lowest BCUT2D eigenvalue weighted by Crippen LogP contribution is -2.65. The molecule has 0 saturated heterocycles. The van der Waals surface area contributed by atoms with Gasteiger partial charge in [0.25, 0.3) is 0 Å². The minimum Gasteiger partial charge on any atom is -0.0715 e. The van der Waals surface area contributed by atoms with Gasteiger partial charge in [-0.15, -0.1) is 0 Å². The van der Waals surface area contributed by atoms with E-state index in [1.165, 1.54) is 60.5 Å². The molecule has 7 rings (SSSR count). The minimum atomic E-state index is -2.59. The molecule has 0 N–H and O–H groups in total. The Morgan fingerprint density at radius 1 is 0.545 bits per heavy atom. The average Bonchev–Trinajstić information content (AvgIpc) is 3.63. The zero-order chi connectivity index (χ0) is 30.3. The van der Waals surface area contributed by atoms with Crippen molar-refractivity contribution < 1.29 is 0 Å². The predicted octanol–water partition coefficient (Wildman–Crippen LogP) is 10.2. The largest absolute Gasteiger partial charge is 0.139 e. The number of benzene rings is 5. The molecule has 2 aliphatic rings. The monoisotopic (exact) mass is 584 g/mol. The van der Waals surface area contributed by atoms with Gasteiger partial charge in [0.05, 0.1) is 0 Å². The molecule has 5 aromatic carbocycles. The van der Waals surface area contributed by atoms with Gasteiger partial charge in [-0.3, -0.25) is 0 Å². The normalized spacial score (nSPS) is 17.7. The van der Waals surface area contributed by atoms with Crippen LogP contribution in [0.15, 0.2) is 157 Å². The Labute approximate surface area is 264 Å². The lowest BCUT2D eigenvalue weighted by molar-refractivity contribution is 0.867. The van der Waals surface area contributed by atoms with Crippen molar-refractivity contribution in [2.75, 3.05) is 0 Å². The first-order chi connectivity index (χ1) is 21.5. The van der Waals surface area contributed by atoms with Crippen LogP contribution in [0.2, 0.25) is 5.54 Å². The van der Waals surface area contributed by atoms with E-state index in [0.717, 1.165) is 0 Å². The molecule has 0 radical (unpaired) electrons. The molecule has 0 saturated carbocycles. The molecule has 2 aliphatic carbocycles. The van der Waals surface area contributed by atoms with E-state index in [1.54, 1.807) is 0 Å². The molecule has 2 atom stereocenters. The summed E-state index contributed by atoms with van der Waals surface area (Å²) in [5.74, 6) is 0.525. The van der Waals surface area contributed by atoms with E-state index in [9.17, 15) is 0 Å². The van der Waals surface area contributed by atoms with Crippen LogP contribution in [0.1, 0.15) is 61.4 Å². The van der Waals surface area contributed by atoms with Gasteiger partial charge in [-0.25, -0.2) is 0 Å². The van der Waals surface area contributed by atoms with Gasteiger partial charge in [0.15, 0.2) is 0 Å². The number of fused-ring (bicyclic) bond motifs is 1. The second-order valence-corrected chi connectivity index (χ2v) is 17.0. The van der Waals surface area contributed by atoms with Crippen LogP contribution in [-0.2, 0) is 0 Å². The molecule has 0 spiro atoms. The Kier molecular flexibility index (Phi) is 7.44. The molecule has 216 valence electrons. The standard InChI is InChI=1S/C43H40Si/c1-30(2)33-23-25-35(26-24-33)39-21-14-22-40-41(39)28-32(4)43(40)44(37-17-10-6-11-18-37,38-19-12-7-13-20-38)42-29-36(27-31(42)3)34-15-8-5-9-16-34/h5-30,42-43H,1-4H3. The molecule has 0 bridgehead atoms. The van der Waals surface area contributed by atoms with Gasteiger partial charge in [-0.2, -0.15) is 0 Å². The third-order valence-corrected chi connectivity index (χ3v) is 15.8. The Hall–Kier alpha value is -4.46. The van der Waals surface area contributed by atoms with Crippen LogP contribution < -0.4 is 10.4 Å². The second-order valence-electron chi connectivity index (χ2n) is 12.9. The van der Waals surface area contributed by atoms with Gasteiger partial charge in [0.2, 0.25) is 0 Å². The van der Waals surface area contributed by atoms with Gasteiger partial charge >= 0.3 is 0 Å². The molecular formula is C43H40Si. The van der Waals surface area contributed by atoms with Crippen molar-refractivity contribution >= 4 is 30.1 Å². The Balaban J connectivity index is 1.48. The summed E-state index contributed by atoms with van der Waals surface area (Å²) in [4.78, 5) is 0. The molecule has 5 aromatic rings. The van der Waals surface area contributed by atoms with Gasteiger partial charge in [0, 0.05) is 11.1 Å². The summed E-state index contributed by atoms with van der Waals surface area (Å²) in [6.07, 6.45) is 7.57. The highest BCUT2D eigenvalue weighted by Crippen LogP contribution is 2.52. The van der Waals surface area contributed by atoms with Crippen LogP contribution in [0.5, 0.6) is 0 Å². The van der Waals surface area contributed by atoms with Crippen molar-refractivity contribution in [1.29, 1.82) is 0 Å². The quantitative estimate of drug-likeness (QED) is 0.167. The van der Waals surface area contributed by atoms with Crippen LogP contribution in [0, 0.1) is 0 Å². The van der Waals surface area contributed by atoms with Crippen molar-refractivity contribution in [3.63, 3.8) is 0 Å². The summed E-state index contributed by atoms with van der Waals surface area (Å²) in [5.41, 5.74) is 13.1. The van der Waals surface area contributed by atoms with Crippen LogP contribution >= 0.6 is 0 Å².